The minimum absolute atomic E-state index is 0.0489. The summed E-state index contributed by atoms with van der Waals surface area (Å²) in [7, 11) is 1.60. The standard InChI is InChI=1S/C23H27N3O4S2/c1-12-18(14(3)27)13(2)24-20(12)16(28)11-31-23-25-21-19(22(29)26(23)9-10-30-4)15-7-5-6-8-17(15)32-21/h24H,5-11H2,1-4H3. The molecule has 1 N–H and O–H groups in total. The van der Waals surface area contributed by atoms with Gasteiger partial charge < -0.3 is 9.72 Å². The Morgan fingerprint density at radius 1 is 1.25 bits per heavy atom. The van der Waals surface area contributed by atoms with Crippen molar-refractivity contribution in [3.63, 3.8) is 0 Å². The Kier molecular flexibility index (Phi) is 6.69. The van der Waals surface area contributed by atoms with Crippen LogP contribution in [0.15, 0.2) is 9.95 Å². The molecule has 3 aromatic rings. The van der Waals surface area contributed by atoms with Crippen molar-refractivity contribution in [2.24, 2.45) is 0 Å². The average molecular weight is 474 g/mol. The van der Waals surface area contributed by atoms with Crippen LogP contribution in [0, 0.1) is 13.8 Å². The molecule has 0 aliphatic heterocycles. The molecule has 0 bridgehead atoms. The zero-order valence-corrected chi connectivity index (χ0v) is 20.4. The normalized spacial score (nSPS) is 13.5. The highest BCUT2D eigenvalue weighted by molar-refractivity contribution is 7.99. The second-order valence-electron chi connectivity index (χ2n) is 8.13. The molecule has 0 saturated carbocycles. The van der Waals surface area contributed by atoms with E-state index in [4.69, 9.17) is 9.72 Å². The molecule has 0 unspecified atom stereocenters. The van der Waals surface area contributed by atoms with E-state index in [2.05, 4.69) is 4.98 Å². The van der Waals surface area contributed by atoms with Crippen LogP contribution in [0.4, 0.5) is 0 Å². The number of thioether (sulfide) groups is 1. The van der Waals surface area contributed by atoms with E-state index in [1.807, 2.05) is 0 Å². The van der Waals surface area contributed by atoms with Crippen LogP contribution in [0.5, 0.6) is 0 Å². The second-order valence-corrected chi connectivity index (χ2v) is 10.2. The smallest absolute Gasteiger partial charge is 0.263 e. The quantitative estimate of drug-likeness (QED) is 0.301. The molecule has 9 heteroatoms. The lowest BCUT2D eigenvalue weighted by Gasteiger charge is -2.13. The number of aryl methyl sites for hydroxylation is 3. The van der Waals surface area contributed by atoms with E-state index in [0.717, 1.165) is 41.5 Å². The number of rotatable bonds is 8. The zero-order chi connectivity index (χ0) is 23.0. The van der Waals surface area contributed by atoms with Crippen molar-refractivity contribution in [1.29, 1.82) is 0 Å². The van der Waals surface area contributed by atoms with E-state index in [0.29, 0.717) is 40.8 Å². The Morgan fingerprint density at radius 2 is 2.00 bits per heavy atom. The van der Waals surface area contributed by atoms with Crippen LogP contribution in [0.25, 0.3) is 10.2 Å². The molecule has 32 heavy (non-hydrogen) atoms. The summed E-state index contributed by atoms with van der Waals surface area (Å²) in [5, 5.41) is 1.26. The predicted octanol–water partition coefficient (Wildman–Crippen LogP) is 4.11. The van der Waals surface area contributed by atoms with Gasteiger partial charge in [0.1, 0.15) is 4.83 Å². The molecule has 4 rings (SSSR count). The maximum absolute atomic E-state index is 13.4. The van der Waals surface area contributed by atoms with Crippen molar-refractivity contribution >= 4 is 44.9 Å². The molecule has 0 amide bonds. The summed E-state index contributed by atoms with van der Waals surface area (Å²) in [5.74, 6) is -0.0694. The minimum Gasteiger partial charge on any atom is -0.383 e. The predicted molar refractivity (Wildman–Crippen MR) is 128 cm³/mol. The Bertz CT molecular complexity index is 1270. The first-order valence-electron chi connectivity index (χ1n) is 10.7. The second kappa shape index (κ2) is 9.33. The molecule has 1 aliphatic rings. The van der Waals surface area contributed by atoms with E-state index in [9.17, 15) is 14.4 Å². The van der Waals surface area contributed by atoms with Crippen LogP contribution in [0.3, 0.4) is 0 Å². The first-order chi connectivity index (χ1) is 15.3. The number of ether oxygens (including phenoxy) is 1. The maximum atomic E-state index is 13.4. The summed E-state index contributed by atoms with van der Waals surface area (Å²) in [6.45, 7) is 5.85. The maximum Gasteiger partial charge on any atom is 0.263 e. The highest BCUT2D eigenvalue weighted by Gasteiger charge is 2.24. The molecule has 0 saturated heterocycles. The first kappa shape index (κ1) is 22.9. The molecule has 7 nitrogen and oxygen atoms in total. The van der Waals surface area contributed by atoms with E-state index in [1.165, 1.54) is 23.6 Å². The topological polar surface area (TPSA) is 94.1 Å². The van der Waals surface area contributed by atoms with Crippen LogP contribution < -0.4 is 5.56 Å². The zero-order valence-electron chi connectivity index (χ0n) is 18.8. The van der Waals surface area contributed by atoms with E-state index in [-0.39, 0.29) is 22.9 Å². The van der Waals surface area contributed by atoms with E-state index < -0.39 is 0 Å². The monoisotopic (exact) mass is 473 g/mol. The van der Waals surface area contributed by atoms with Gasteiger partial charge in [-0.15, -0.1) is 11.3 Å². The lowest BCUT2D eigenvalue weighted by Crippen LogP contribution is -2.26. The van der Waals surface area contributed by atoms with Crippen molar-refractivity contribution in [3.05, 3.63) is 43.3 Å². The van der Waals surface area contributed by atoms with Gasteiger partial charge in [0.25, 0.3) is 5.56 Å². The van der Waals surface area contributed by atoms with Crippen LogP contribution in [0.1, 0.15) is 62.3 Å². The number of aromatic nitrogens is 3. The number of hydrogen-bond donors (Lipinski definition) is 1. The molecule has 0 aromatic carbocycles. The number of ketones is 2. The van der Waals surface area contributed by atoms with Crippen molar-refractivity contribution in [2.45, 2.75) is 58.2 Å². The summed E-state index contributed by atoms with van der Waals surface area (Å²) in [4.78, 5) is 48.2. The van der Waals surface area contributed by atoms with Crippen molar-refractivity contribution < 1.29 is 14.3 Å². The number of hydrogen-bond acceptors (Lipinski definition) is 7. The number of fused-ring (bicyclic) bond motifs is 3. The summed E-state index contributed by atoms with van der Waals surface area (Å²) < 4.78 is 6.85. The third-order valence-corrected chi connectivity index (χ3v) is 8.12. The summed E-state index contributed by atoms with van der Waals surface area (Å²) >= 11 is 2.86. The number of H-pyrrole nitrogens is 1. The van der Waals surface area contributed by atoms with Gasteiger partial charge in [0.2, 0.25) is 0 Å². The van der Waals surface area contributed by atoms with Gasteiger partial charge in [0.05, 0.1) is 30.0 Å². The van der Waals surface area contributed by atoms with Gasteiger partial charge in [-0.25, -0.2) is 4.98 Å². The number of nitrogens with one attached hydrogen (secondary N) is 1. The molecule has 3 aromatic heterocycles. The van der Waals surface area contributed by atoms with E-state index in [1.54, 1.807) is 36.9 Å². The van der Waals surface area contributed by atoms with Gasteiger partial charge in [0, 0.05) is 23.2 Å². The third kappa shape index (κ3) is 4.09. The van der Waals surface area contributed by atoms with Crippen LogP contribution >= 0.6 is 23.1 Å². The van der Waals surface area contributed by atoms with Crippen LogP contribution in [0.2, 0.25) is 0 Å². The fraction of sp³-hybridized carbons (Fsp3) is 0.478. The van der Waals surface area contributed by atoms with Crippen LogP contribution in [-0.4, -0.2) is 45.6 Å². The van der Waals surface area contributed by atoms with Gasteiger partial charge >= 0.3 is 0 Å². The molecule has 0 fully saturated rings. The lowest BCUT2D eigenvalue weighted by molar-refractivity contribution is 0.101. The first-order valence-corrected chi connectivity index (χ1v) is 12.5. The SMILES string of the molecule is COCCn1c(SCC(=O)c2[nH]c(C)c(C(C)=O)c2C)nc2sc3c(c2c1=O)CCCC3. The largest absolute Gasteiger partial charge is 0.383 e. The third-order valence-electron chi connectivity index (χ3n) is 5.96. The van der Waals surface area contributed by atoms with Gasteiger partial charge in [-0.1, -0.05) is 11.8 Å². The number of aromatic amines is 1. The van der Waals surface area contributed by atoms with Crippen molar-refractivity contribution in [2.75, 3.05) is 19.5 Å². The number of carbonyl (C=O) groups excluding carboxylic acids is 2. The Morgan fingerprint density at radius 3 is 2.69 bits per heavy atom. The van der Waals surface area contributed by atoms with Gasteiger partial charge in [0.15, 0.2) is 16.7 Å². The number of Topliss-reactive ketones (excluding diaryl/α,β-unsaturated/α-hetero) is 2. The minimum atomic E-state index is -0.124. The molecule has 3 heterocycles. The summed E-state index contributed by atoms with van der Waals surface area (Å²) in [6, 6.07) is 0. The fourth-order valence-electron chi connectivity index (χ4n) is 4.47. The number of carbonyl (C=O) groups is 2. The molecule has 0 radical (unpaired) electrons. The number of thiophene rings is 1. The highest BCUT2D eigenvalue weighted by atomic mass is 32.2. The molecule has 1 aliphatic carbocycles. The molecule has 0 atom stereocenters. The Hall–Kier alpha value is -2.23. The molecular weight excluding hydrogens is 446 g/mol. The van der Waals surface area contributed by atoms with E-state index >= 15 is 0 Å². The van der Waals surface area contributed by atoms with Gasteiger partial charge in [-0.3, -0.25) is 19.0 Å². The molecule has 0 spiro atoms. The summed E-state index contributed by atoms with van der Waals surface area (Å²) in [6.07, 6.45) is 4.16. The highest BCUT2D eigenvalue weighted by Crippen LogP contribution is 2.35. The Balaban J connectivity index is 1.68. The number of nitrogens with zero attached hydrogens (tertiary/aromatic N) is 2. The van der Waals surface area contributed by atoms with Crippen molar-refractivity contribution in [1.82, 2.24) is 14.5 Å². The van der Waals surface area contributed by atoms with Crippen molar-refractivity contribution in [3.8, 4) is 0 Å². The number of methoxy groups -OCH3 is 1. The fourth-order valence-corrected chi connectivity index (χ4v) is 6.67. The Labute approximate surface area is 194 Å². The van der Waals surface area contributed by atoms with Gasteiger partial charge in [-0.2, -0.15) is 0 Å². The van der Waals surface area contributed by atoms with Crippen LogP contribution in [-0.2, 0) is 24.1 Å². The summed E-state index contributed by atoms with van der Waals surface area (Å²) in [5.41, 5.74) is 3.49. The average Bonchev–Trinajstić information content (AvgIpc) is 3.28. The molecular formula is C23H27N3O4S2. The molecule has 170 valence electrons. The van der Waals surface area contributed by atoms with Gasteiger partial charge in [-0.05, 0) is 57.6 Å². The lowest BCUT2D eigenvalue weighted by atomic mass is 9.97.